The zero-order valence-electron chi connectivity index (χ0n) is 11.5. The third-order valence-electron chi connectivity index (χ3n) is 3.17. The molecule has 1 aromatic carbocycles. The molecule has 104 valence electrons. The lowest BCUT2D eigenvalue weighted by Gasteiger charge is -2.08. The summed E-state index contributed by atoms with van der Waals surface area (Å²) in [6.07, 6.45) is 6.94. The molecule has 5 nitrogen and oxygen atoms in total. The molecule has 0 aliphatic rings. The second kappa shape index (κ2) is 5.58. The number of carbonyl (C=O) groups is 1. The van der Waals surface area contributed by atoms with Crippen LogP contribution in [0.5, 0.6) is 0 Å². The number of amides is 1. The van der Waals surface area contributed by atoms with Crippen molar-refractivity contribution in [1.29, 1.82) is 0 Å². The highest BCUT2D eigenvalue weighted by molar-refractivity contribution is 6.04. The molecule has 0 saturated heterocycles. The van der Waals surface area contributed by atoms with E-state index in [1.165, 1.54) is 0 Å². The highest BCUT2D eigenvalue weighted by Gasteiger charge is 2.08. The summed E-state index contributed by atoms with van der Waals surface area (Å²) in [5.41, 5.74) is 2.47. The first kappa shape index (κ1) is 13.1. The largest absolute Gasteiger partial charge is 0.306 e. The van der Waals surface area contributed by atoms with Gasteiger partial charge in [-0.2, -0.15) is 0 Å². The molecule has 3 aromatic rings. The normalized spacial score (nSPS) is 10.3. The van der Waals surface area contributed by atoms with Crippen LogP contribution in [0.1, 0.15) is 15.9 Å². The lowest BCUT2D eigenvalue weighted by molar-refractivity contribution is 0.102. The van der Waals surface area contributed by atoms with Crippen LogP contribution in [0.15, 0.2) is 61.3 Å². The minimum atomic E-state index is -0.172. The SMILES string of the molecule is Cc1cccnc1NC(=O)c1ccc(-n2ccnc2)cc1. The Balaban J connectivity index is 1.78. The van der Waals surface area contributed by atoms with E-state index in [0.29, 0.717) is 11.4 Å². The number of carbonyl (C=O) groups excluding carboxylic acids is 1. The van der Waals surface area contributed by atoms with Gasteiger partial charge in [0.05, 0.1) is 6.33 Å². The number of aryl methyl sites for hydroxylation is 1. The third-order valence-corrected chi connectivity index (χ3v) is 3.17. The van der Waals surface area contributed by atoms with Gasteiger partial charge in [-0.15, -0.1) is 0 Å². The summed E-state index contributed by atoms with van der Waals surface area (Å²) in [4.78, 5) is 20.3. The molecule has 0 fully saturated rings. The van der Waals surface area contributed by atoms with E-state index < -0.39 is 0 Å². The lowest BCUT2D eigenvalue weighted by Crippen LogP contribution is -2.13. The molecule has 0 aliphatic heterocycles. The maximum atomic E-state index is 12.2. The van der Waals surface area contributed by atoms with Crippen molar-refractivity contribution in [3.63, 3.8) is 0 Å². The number of hydrogen-bond acceptors (Lipinski definition) is 3. The Bertz CT molecular complexity index is 748. The number of anilines is 1. The van der Waals surface area contributed by atoms with Crippen molar-refractivity contribution in [3.8, 4) is 5.69 Å². The molecule has 0 spiro atoms. The minimum absolute atomic E-state index is 0.172. The summed E-state index contributed by atoms with van der Waals surface area (Å²) in [5, 5.41) is 2.81. The molecule has 3 rings (SSSR count). The zero-order valence-corrected chi connectivity index (χ0v) is 11.5. The van der Waals surface area contributed by atoms with Gasteiger partial charge < -0.3 is 9.88 Å². The molecule has 0 radical (unpaired) electrons. The standard InChI is InChI=1S/C16H14N4O/c1-12-3-2-8-18-15(12)19-16(21)13-4-6-14(7-5-13)20-10-9-17-11-20/h2-11H,1H3,(H,18,19,21). The minimum Gasteiger partial charge on any atom is -0.306 e. The molecule has 1 N–H and O–H groups in total. The second-order valence-corrected chi connectivity index (χ2v) is 4.64. The number of rotatable bonds is 3. The first-order valence-corrected chi connectivity index (χ1v) is 6.55. The summed E-state index contributed by atoms with van der Waals surface area (Å²) >= 11 is 0. The number of pyridine rings is 1. The average molecular weight is 278 g/mol. The Kier molecular flexibility index (Phi) is 3.47. The summed E-state index contributed by atoms with van der Waals surface area (Å²) in [6, 6.07) is 11.1. The third kappa shape index (κ3) is 2.81. The van der Waals surface area contributed by atoms with Gasteiger partial charge in [0.25, 0.3) is 5.91 Å². The van der Waals surface area contributed by atoms with E-state index in [-0.39, 0.29) is 5.91 Å². The first-order chi connectivity index (χ1) is 10.2. The van der Waals surface area contributed by atoms with Crippen LogP contribution in [-0.4, -0.2) is 20.4 Å². The van der Waals surface area contributed by atoms with Gasteiger partial charge >= 0.3 is 0 Å². The zero-order chi connectivity index (χ0) is 14.7. The second-order valence-electron chi connectivity index (χ2n) is 4.64. The van der Waals surface area contributed by atoms with E-state index in [9.17, 15) is 4.79 Å². The van der Waals surface area contributed by atoms with Gasteiger partial charge in [-0.25, -0.2) is 9.97 Å². The van der Waals surface area contributed by atoms with Gasteiger partial charge in [0, 0.05) is 29.8 Å². The van der Waals surface area contributed by atoms with Crippen LogP contribution in [0.2, 0.25) is 0 Å². The van der Waals surface area contributed by atoms with Crippen molar-refractivity contribution in [2.24, 2.45) is 0 Å². The van der Waals surface area contributed by atoms with E-state index in [0.717, 1.165) is 11.3 Å². The quantitative estimate of drug-likeness (QED) is 0.801. The van der Waals surface area contributed by atoms with Crippen molar-refractivity contribution in [1.82, 2.24) is 14.5 Å². The van der Waals surface area contributed by atoms with Crippen LogP contribution in [0.3, 0.4) is 0 Å². The smallest absolute Gasteiger partial charge is 0.256 e. The number of hydrogen-bond donors (Lipinski definition) is 1. The molecule has 0 bridgehead atoms. The van der Waals surface area contributed by atoms with Crippen molar-refractivity contribution in [2.45, 2.75) is 6.92 Å². The Morgan fingerprint density at radius 3 is 2.62 bits per heavy atom. The van der Waals surface area contributed by atoms with Crippen molar-refractivity contribution >= 4 is 11.7 Å². The Hall–Kier alpha value is -2.95. The summed E-state index contributed by atoms with van der Waals surface area (Å²) in [5.74, 6) is 0.412. The van der Waals surface area contributed by atoms with Crippen LogP contribution in [0, 0.1) is 6.92 Å². The fourth-order valence-electron chi connectivity index (χ4n) is 1.99. The summed E-state index contributed by atoms with van der Waals surface area (Å²) < 4.78 is 1.88. The Morgan fingerprint density at radius 2 is 1.95 bits per heavy atom. The van der Waals surface area contributed by atoms with Crippen LogP contribution < -0.4 is 5.32 Å². The fourth-order valence-corrected chi connectivity index (χ4v) is 1.99. The van der Waals surface area contributed by atoms with E-state index in [1.807, 2.05) is 42.0 Å². The van der Waals surface area contributed by atoms with Crippen molar-refractivity contribution in [2.75, 3.05) is 5.32 Å². The maximum Gasteiger partial charge on any atom is 0.256 e. The van der Waals surface area contributed by atoms with Gasteiger partial charge in [-0.1, -0.05) is 6.07 Å². The molecule has 0 saturated carbocycles. The molecule has 2 aromatic heterocycles. The molecule has 0 atom stereocenters. The number of nitrogens with one attached hydrogen (secondary N) is 1. The molecule has 5 heteroatoms. The molecule has 0 unspecified atom stereocenters. The van der Waals surface area contributed by atoms with Crippen LogP contribution >= 0.6 is 0 Å². The van der Waals surface area contributed by atoms with E-state index in [4.69, 9.17) is 0 Å². The molecule has 1 amide bonds. The fraction of sp³-hybridized carbons (Fsp3) is 0.0625. The van der Waals surface area contributed by atoms with Crippen LogP contribution in [0.4, 0.5) is 5.82 Å². The predicted molar refractivity (Wildman–Crippen MR) is 80.5 cm³/mol. The van der Waals surface area contributed by atoms with E-state index >= 15 is 0 Å². The number of nitrogens with zero attached hydrogens (tertiary/aromatic N) is 3. The van der Waals surface area contributed by atoms with Gasteiger partial charge in [0.2, 0.25) is 0 Å². The average Bonchev–Trinajstić information content (AvgIpc) is 3.04. The topological polar surface area (TPSA) is 59.8 Å². The van der Waals surface area contributed by atoms with Gasteiger partial charge in [-0.3, -0.25) is 4.79 Å². The highest BCUT2D eigenvalue weighted by atomic mass is 16.1. The van der Waals surface area contributed by atoms with E-state index in [1.54, 1.807) is 30.9 Å². The maximum absolute atomic E-state index is 12.2. The number of benzene rings is 1. The number of imidazole rings is 1. The molecule has 2 heterocycles. The predicted octanol–water partition coefficient (Wildman–Crippen LogP) is 2.83. The van der Waals surface area contributed by atoms with E-state index in [2.05, 4.69) is 15.3 Å². The van der Waals surface area contributed by atoms with Gasteiger partial charge in [0.1, 0.15) is 5.82 Å². The van der Waals surface area contributed by atoms with Crippen LogP contribution in [-0.2, 0) is 0 Å². The molecular weight excluding hydrogens is 264 g/mol. The molecular formula is C16H14N4O. The van der Waals surface area contributed by atoms with Gasteiger partial charge in [-0.05, 0) is 42.8 Å². The number of aromatic nitrogens is 3. The Labute approximate surface area is 122 Å². The van der Waals surface area contributed by atoms with Crippen molar-refractivity contribution in [3.05, 3.63) is 72.4 Å². The molecule has 21 heavy (non-hydrogen) atoms. The summed E-state index contributed by atoms with van der Waals surface area (Å²) in [7, 11) is 0. The Morgan fingerprint density at radius 1 is 1.14 bits per heavy atom. The lowest BCUT2D eigenvalue weighted by atomic mass is 10.2. The van der Waals surface area contributed by atoms with Gasteiger partial charge in [0.15, 0.2) is 0 Å². The first-order valence-electron chi connectivity index (χ1n) is 6.55. The molecule has 0 aliphatic carbocycles. The highest BCUT2D eigenvalue weighted by Crippen LogP contribution is 2.13. The van der Waals surface area contributed by atoms with Crippen LogP contribution in [0.25, 0.3) is 5.69 Å². The van der Waals surface area contributed by atoms with Crippen molar-refractivity contribution < 1.29 is 4.79 Å². The summed E-state index contributed by atoms with van der Waals surface area (Å²) in [6.45, 7) is 1.91. The monoisotopic (exact) mass is 278 g/mol.